The number of halogens is 1. The van der Waals surface area contributed by atoms with Gasteiger partial charge in [-0.15, -0.1) is 0 Å². The molecule has 8 heteroatoms. The van der Waals surface area contributed by atoms with Crippen molar-refractivity contribution < 1.29 is 0 Å². The Balaban J connectivity index is 1.38. The standard InChI is InChI=1S/C22H26ClN7/c1-2-24-22(26-13-17-14-27-30(15-17)19-7-4-3-5-8-19)28-18-10-12-29(16-18)21-20(23)9-6-11-25-21/h3-9,11,14-15,18H,2,10,12-13,16H2,1H3,(H2,24,26,28). The van der Waals surface area contributed by atoms with Gasteiger partial charge in [0.25, 0.3) is 0 Å². The summed E-state index contributed by atoms with van der Waals surface area (Å²) in [7, 11) is 0. The van der Waals surface area contributed by atoms with E-state index >= 15 is 0 Å². The van der Waals surface area contributed by atoms with Crippen molar-refractivity contribution in [3.05, 3.63) is 71.6 Å². The highest BCUT2D eigenvalue weighted by Gasteiger charge is 2.25. The maximum Gasteiger partial charge on any atom is 0.191 e. The summed E-state index contributed by atoms with van der Waals surface area (Å²) in [4.78, 5) is 11.4. The van der Waals surface area contributed by atoms with Crippen molar-refractivity contribution in [2.45, 2.75) is 25.9 Å². The van der Waals surface area contributed by atoms with Crippen molar-refractivity contribution >= 4 is 23.4 Å². The Bertz CT molecular complexity index is 986. The molecule has 7 nitrogen and oxygen atoms in total. The predicted octanol–water partition coefficient (Wildman–Crippen LogP) is 3.25. The summed E-state index contributed by atoms with van der Waals surface area (Å²) in [5.74, 6) is 1.66. The molecule has 2 aromatic heterocycles. The molecule has 0 amide bonds. The Morgan fingerprint density at radius 1 is 1.23 bits per heavy atom. The molecule has 30 heavy (non-hydrogen) atoms. The highest BCUT2D eigenvalue weighted by Crippen LogP contribution is 2.25. The maximum absolute atomic E-state index is 6.30. The van der Waals surface area contributed by atoms with Gasteiger partial charge in [0, 0.05) is 43.6 Å². The van der Waals surface area contributed by atoms with E-state index in [0.717, 1.165) is 49.1 Å². The quantitative estimate of drug-likeness (QED) is 0.470. The van der Waals surface area contributed by atoms with Crippen LogP contribution in [0.5, 0.6) is 0 Å². The van der Waals surface area contributed by atoms with Crippen molar-refractivity contribution in [1.29, 1.82) is 0 Å². The van der Waals surface area contributed by atoms with E-state index in [0.29, 0.717) is 11.6 Å². The van der Waals surface area contributed by atoms with Gasteiger partial charge in [0.2, 0.25) is 0 Å². The highest BCUT2D eigenvalue weighted by atomic mass is 35.5. The van der Waals surface area contributed by atoms with Gasteiger partial charge in [-0.05, 0) is 37.6 Å². The van der Waals surface area contributed by atoms with Crippen LogP contribution in [0, 0.1) is 0 Å². The van der Waals surface area contributed by atoms with E-state index in [1.54, 1.807) is 6.20 Å². The van der Waals surface area contributed by atoms with E-state index in [4.69, 9.17) is 16.6 Å². The second-order valence-corrected chi connectivity index (χ2v) is 7.62. The molecule has 3 aromatic rings. The average Bonchev–Trinajstić information content (AvgIpc) is 3.43. The van der Waals surface area contributed by atoms with Gasteiger partial charge < -0.3 is 15.5 Å². The van der Waals surface area contributed by atoms with Gasteiger partial charge in [-0.1, -0.05) is 29.8 Å². The van der Waals surface area contributed by atoms with Crippen LogP contribution in [0.4, 0.5) is 5.82 Å². The lowest BCUT2D eigenvalue weighted by molar-refractivity contribution is 0.649. The number of guanidine groups is 1. The minimum atomic E-state index is 0.285. The monoisotopic (exact) mass is 423 g/mol. The Labute approximate surface area is 181 Å². The number of nitrogens with one attached hydrogen (secondary N) is 2. The van der Waals surface area contributed by atoms with E-state index < -0.39 is 0 Å². The Hall–Kier alpha value is -3.06. The lowest BCUT2D eigenvalue weighted by Crippen LogP contribution is -2.44. The molecule has 1 saturated heterocycles. The van der Waals surface area contributed by atoms with Gasteiger partial charge in [0.15, 0.2) is 5.96 Å². The van der Waals surface area contributed by atoms with Gasteiger partial charge in [0.1, 0.15) is 5.82 Å². The molecule has 0 bridgehead atoms. The molecule has 1 aliphatic rings. The largest absolute Gasteiger partial charge is 0.357 e. The zero-order chi connectivity index (χ0) is 20.8. The summed E-state index contributed by atoms with van der Waals surface area (Å²) in [6.07, 6.45) is 6.66. The molecule has 2 N–H and O–H groups in total. The van der Waals surface area contributed by atoms with Gasteiger partial charge in [-0.2, -0.15) is 5.10 Å². The smallest absolute Gasteiger partial charge is 0.191 e. The summed E-state index contributed by atoms with van der Waals surface area (Å²) >= 11 is 6.30. The lowest BCUT2D eigenvalue weighted by atomic mass is 10.3. The highest BCUT2D eigenvalue weighted by molar-refractivity contribution is 6.32. The fourth-order valence-electron chi connectivity index (χ4n) is 3.53. The van der Waals surface area contributed by atoms with Gasteiger partial charge >= 0.3 is 0 Å². The third-order valence-electron chi connectivity index (χ3n) is 4.99. The molecule has 0 radical (unpaired) electrons. The first-order valence-electron chi connectivity index (χ1n) is 10.2. The van der Waals surface area contributed by atoms with Crippen molar-refractivity contribution in [1.82, 2.24) is 25.4 Å². The van der Waals surface area contributed by atoms with Crippen LogP contribution in [0.1, 0.15) is 18.9 Å². The SMILES string of the molecule is CCNC(=NCc1cnn(-c2ccccc2)c1)NC1CCN(c2ncccc2Cl)C1. The Morgan fingerprint density at radius 3 is 2.90 bits per heavy atom. The number of aliphatic imine (C=N–C) groups is 1. The number of pyridine rings is 1. The van der Waals surface area contributed by atoms with E-state index in [-0.39, 0.29) is 6.04 Å². The fraction of sp³-hybridized carbons (Fsp3) is 0.318. The first-order valence-corrected chi connectivity index (χ1v) is 10.6. The van der Waals surface area contributed by atoms with Gasteiger partial charge in [0.05, 0.1) is 23.5 Å². The van der Waals surface area contributed by atoms with Crippen molar-refractivity contribution in [2.24, 2.45) is 4.99 Å². The molecule has 1 atom stereocenters. The van der Waals surface area contributed by atoms with E-state index in [1.807, 2.05) is 59.5 Å². The van der Waals surface area contributed by atoms with Gasteiger partial charge in [-0.3, -0.25) is 0 Å². The van der Waals surface area contributed by atoms with Crippen LogP contribution >= 0.6 is 11.6 Å². The number of para-hydroxylation sites is 1. The van der Waals surface area contributed by atoms with Crippen LogP contribution in [0.3, 0.4) is 0 Å². The molecule has 0 aliphatic carbocycles. The van der Waals surface area contributed by atoms with E-state index in [1.165, 1.54) is 0 Å². The molecule has 1 aromatic carbocycles. The zero-order valence-corrected chi connectivity index (χ0v) is 17.8. The topological polar surface area (TPSA) is 70.4 Å². The molecular weight excluding hydrogens is 398 g/mol. The predicted molar refractivity (Wildman–Crippen MR) is 121 cm³/mol. The van der Waals surface area contributed by atoms with E-state index in [9.17, 15) is 0 Å². The molecule has 1 unspecified atom stereocenters. The summed E-state index contributed by atoms with van der Waals surface area (Å²) in [5.41, 5.74) is 2.10. The van der Waals surface area contributed by atoms with E-state index in [2.05, 4.69) is 32.5 Å². The molecular formula is C22H26ClN7. The maximum atomic E-state index is 6.30. The molecule has 156 valence electrons. The number of nitrogens with zero attached hydrogens (tertiary/aromatic N) is 5. The first-order chi connectivity index (χ1) is 14.7. The van der Waals surface area contributed by atoms with Crippen molar-refractivity contribution in [2.75, 3.05) is 24.5 Å². The Morgan fingerprint density at radius 2 is 2.10 bits per heavy atom. The zero-order valence-electron chi connectivity index (χ0n) is 17.0. The number of benzene rings is 1. The number of hydrogen-bond acceptors (Lipinski definition) is 4. The van der Waals surface area contributed by atoms with Crippen molar-refractivity contribution in [3.63, 3.8) is 0 Å². The van der Waals surface area contributed by atoms with Crippen molar-refractivity contribution in [3.8, 4) is 5.69 Å². The minimum Gasteiger partial charge on any atom is -0.357 e. The van der Waals surface area contributed by atoms with Crippen LogP contribution in [0.2, 0.25) is 5.02 Å². The van der Waals surface area contributed by atoms with Crippen LogP contribution in [0.25, 0.3) is 5.69 Å². The fourth-order valence-corrected chi connectivity index (χ4v) is 3.77. The second kappa shape index (κ2) is 9.63. The molecule has 1 aliphatic heterocycles. The number of hydrogen-bond donors (Lipinski definition) is 2. The minimum absolute atomic E-state index is 0.285. The van der Waals surface area contributed by atoms with Crippen LogP contribution in [-0.4, -0.2) is 46.4 Å². The first kappa shape index (κ1) is 20.2. The van der Waals surface area contributed by atoms with Crippen LogP contribution in [0.15, 0.2) is 66.0 Å². The third-order valence-corrected chi connectivity index (χ3v) is 5.28. The van der Waals surface area contributed by atoms with Gasteiger partial charge in [-0.25, -0.2) is 14.7 Å². The summed E-state index contributed by atoms with van der Waals surface area (Å²) in [6.45, 7) is 5.19. The average molecular weight is 424 g/mol. The van der Waals surface area contributed by atoms with Crippen LogP contribution in [-0.2, 0) is 6.54 Å². The molecule has 1 fully saturated rings. The lowest BCUT2D eigenvalue weighted by Gasteiger charge is -2.20. The number of aromatic nitrogens is 3. The summed E-state index contributed by atoms with van der Waals surface area (Å²) < 4.78 is 1.87. The second-order valence-electron chi connectivity index (χ2n) is 7.21. The molecule has 0 spiro atoms. The molecule has 3 heterocycles. The molecule has 4 rings (SSSR count). The summed E-state index contributed by atoms with van der Waals surface area (Å²) in [6, 6.07) is 14.1. The van der Waals surface area contributed by atoms with Crippen LogP contribution < -0.4 is 15.5 Å². The number of rotatable bonds is 6. The normalized spacial score (nSPS) is 16.7. The third kappa shape index (κ3) is 4.91. The number of anilines is 1. The molecule has 0 saturated carbocycles. The Kier molecular flexibility index (Phi) is 6.49. The summed E-state index contributed by atoms with van der Waals surface area (Å²) in [5, 5.41) is 12.0.